The van der Waals surface area contributed by atoms with Crippen LogP contribution in [0.5, 0.6) is 0 Å². The van der Waals surface area contributed by atoms with Gasteiger partial charge in [0, 0.05) is 0 Å². The summed E-state index contributed by atoms with van der Waals surface area (Å²) in [6, 6.07) is 30.2. The quantitative estimate of drug-likeness (QED) is 0.0421. The van der Waals surface area contributed by atoms with Gasteiger partial charge in [-0.25, -0.2) is 0 Å². The van der Waals surface area contributed by atoms with Crippen LogP contribution in [0.3, 0.4) is 0 Å². The summed E-state index contributed by atoms with van der Waals surface area (Å²) in [5.74, 6) is 0. The van der Waals surface area contributed by atoms with E-state index in [-0.39, 0.29) is 40.4 Å². The summed E-state index contributed by atoms with van der Waals surface area (Å²) in [4.78, 5) is 5.27. The van der Waals surface area contributed by atoms with Crippen molar-refractivity contribution in [2.45, 2.75) is 465 Å². The van der Waals surface area contributed by atoms with Crippen LogP contribution in [0, 0.1) is 50.0 Å². The van der Waals surface area contributed by atoms with Gasteiger partial charge in [0.1, 0.15) is 0 Å². The topological polar surface area (TPSA) is 0 Å². The zero-order valence-corrected chi connectivity index (χ0v) is 69.2. The van der Waals surface area contributed by atoms with E-state index in [2.05, 4.69) is 134 Å². The first-order chi connectivity index (χ1) is 38.8. The van der Waals surface area contributed by atoms with E-state index in [4.69, 9.17) is 0 Å². The van der Waals surface area contributed by atoms with Gasteiger partial charge in [-0.15, -0.1) is 0 Å². The molecule has 0 saturated heterocycles. The monoisotopic (exact) mass is 1370 g/mol. The summed E-state index contributed by atoms with van der Waals surface area (Å²) >= 11 is 0. The van der Waals surface area contributed by atoms with Crippen LogP contribution in [0.25, 0.3) is 0 Å². The van der Waals surface area contributed by atoms with Crippen molar-refractivity contribution >= 4 is 48.4 Å². The Balaban J connectivity index is -0.00000148. The Kier molecular flexibility index (Phi) is 61.4. The molecule has 0 aromatic heterocycles. The molecule has 0 fully saturated rings. The van der Waals surface area contributed by atoms with Crippen molar-refractivity contribution < 1.29 is 40.4 Å². The third-order valence-corrected chi connectivity index (χ3v) is 70.4. The average molecular weight is 1370 g/mol. The third kappa shape index (κ3) is 32.5. The predicted octanol–water partition coefficient (Wildman–Crippen LogP) is 29.5. The molecule has 1 radical (unpaired) electrons. The minimum atomic E-state index is -1.52. The Bertz CT molecular complexity index is 912. The fourth-order valence-electron chi connectivity index (χ4n) is 17.1. The van der Waals surface area contributed by atoms with Crippen LogP contribution in [0.15, 0.2) is 0 Å². The van der Waals surface area contributed by atoms with Crippen molar-refractivity contribution in [2.75, 3.05) is 0 Å². The maximum atomic E-state index is 2.63. The van der Waals surface area contributed by atoms with E-state index < -0.39 is 48.4 Å². The van der Waals surface area contributed by atoms with Crippen molar-refractivity contribution in [1.82, 2.24) is 0 Å². The average Bonchev–Trinajstić information content (AvgIpc) is 3.48. The van der Waals surface area contributed by atoms with Crippen molar-refractivity contribution in [2.24, 2.45) is 0 Å². The van der Waals surface area contributed by atoms with Crippen molar-refractivity contribution in [3.05, 3.63) is 9.58 Å². The zero-order chi connectivity index (χ0) is 60.3. The third-order valence-electron chi connectivity index (χ3n) is 21.3. The molecule has 0 spiro atoms. The Labute approximate surface area is 557 Å². The maximum Gasteiger partial charge on any atom is 3.00 e. The van der Waals surface area contributed by atoms with Crippen LogP contribution >= 0.6 is 0 Å². The fourth-order valence-corrected chi connectivity index (χ4v) is 85.2. The normalized spacial score (nSPS) is 12.9. The van der Waals surface area contributed by atoms with Crippen molar-refractivity contribution in [1.29, 1.82) is 0 Å². The summed E-state index contributed by atoms with van der Waals surface area (Å²) in [5.41, 5.74) is 0. The molecule has 0 N–H and O–H groups in total. The van der Waals surface area contributed by atoms with Crippen LogP contribution in [-0.2, 0) is 0 Å². The van der Waals surface area contributed by atoms with Gasteiger partial charge >= 0.3 is 40.4 Å². The first-order valence-electron chi connectivity index (χ1n) is 38.6. The van der Waals surface area contributed by atoms with E-state index in [1.54, 1.807) is 109 Å². The molecule has 0 amide bonds. The molecule has 0 aliphatic heterocycles. The predicted molar refractivity (Wildman–Crippen MR) is 396 cm³/mol. The van der Waals surface area contributed by atoms with Gasteiger partial charge in [0.05, 0.1) is 0 Å². The van der Waals surface area contributed by atoms with Crippen molar-refractivity contribution in [3.8, 4) is 0 Å². The minimum absolute atomic E-state index is 0. The molecular formula is C74H162Si6Sm+. The number of hydrogen-bond donors (Lipinski definition) is 0. The van der Waals surface area contributed by atoms with Crippen LogP contribution in [-0.4, -0.2) is 48.4 Å². The van der Waals surface area contributed by atoms with Gasteiger partial charge in [-0.3, -0.25) is 0 Å². The Hall–Kier alpha value is 2.64. The number of unbranched alkanes of at least 4 members (excludes halogenated alkanes) is 18. The van der Waals surface area contributed by atoms with Crippen molar-refractivity contribution in [3.63, 3.8) is 0 Å². The molecule has 0 aliphatic carbocycles. The van der Waals surface area contributed by atoms with E-state index >= 15 is 0 Å². The zero-order valence-electron chi connectivity index (χ0n) is 60.6. The summed E-state index contributed by atoms with van der Waals surface area (Å²) in [6.07, 6.45) is 53.1. The molecule has 0 nitrogen and oxygen atoms in total. The fraction of sp³-hybridized carbons (Fsp3) is 0.973. The van der Waals surface area contributed by atoms with E-state index in [0.717, 1.165) is 0 Å². The first kappa shape index (κ1) is 87.8. The minimum Gasteiger partial charge on any atom is -0.309 e. The Morgan fingerprint density at radius 1 is 0.136 bits per heavy atom. The molecule has 0 aromatic carbocycles. The van der Waals surface area contributed by atoms with Gasteiger partial charge in [0.25, 0.3) is 0 Å². The van der Waals surface area contributed by atoms with E-state index in [1.165, 1.54) is 231 Å². The molecule has 0 aromatic rings. The summed E-state index contributed by atoms with van der Waals surface area (Å²) < 4.78 is 0. The molecule has 0 atom stereocenters. The standard InChI is InChI=1S/2C37H81Si3.Sm/c2*1-10-19-28-38(29-20-11-2,30-21-12-3)37(39(31-22-13-4,32-23-14-5)33-24-15-6)40(34-25-16-7,35-26-17-8)36-27-18-9;/h2*10-36H2,1-9H3;/q2*-1;+3. The van der Waals surface area contributed by atoms with Crippen LogP contribution in [0.1, 0.15) is 356 Å². The molecule has 7 heteroatoms. The summed E-state index contributed by atoms with van der Waals surface area (Å²) in [7, 11) is -9.11. The molecule has 0 aliphatic rings. The molecule has 0 rings (SSSR count). The second kappa shape index (κ2) is 56.6. The van der Waals surface area contributed by atoms with Gasteiger partial charge in [-0.05, 0) is 0 Å². The van der Waals surface area contributed by atoms with E-state index in [0.29, 0.717) is 0 Å². The Morgan fingerprint density at radius 2 is 0.198 bits per heavy atom. The molecular weight excluding hydrogens is 1210 g/mol. The largest absolute Gasteiger partial charge is 3.00 e. The molecule has 487 valence electrons. The van der Waals surface area contributed by atoms with Gasteiger partial charge in [-0.2, -0.15) is 0 Å². The van der Waals surface area contributed by atoms with Gasteiger partial charge in [0.15, 0.2) is 0 Å². The second-order valence-corrected chi connectivity index (χ2v) is 58.7. The molecule has 0 bridgehead atoms. The summed E-state index contributed by atoms with van der Waals surface area (Å²) in [6.45, 7) is 45.1. The van der Waals surface area contributed by atoms with Crippen LogP contribution in [0.2, 0.25) is 109 Å². The molecule has 0 saturated carbocycles. The number of hydrogen-bond acceptors (Lipinski definition) is 0. The number of rotatable bonds is 60. The van der Waals surface area contributed by atoms with Gasteiger partial charge in [0.2, 0.25) is 0 Å². The maximum absolute atomic E-state index is 2.63. The van der Waals surface area contributed by atoms with Crippen LogP contribution in [0.4, 0.5) is 0 Å². The van der Waals surface area contributed by atoms with Gasteiger partial charge in [-0.1, -0.05) is 513 Å². The van der Waals surface area contributed by atoms with Crippen LogP contribution < -0.4 is 0 Å². The summed E-state index contributed by atoms with van der Waals surface area (Å²) in [5, 5.41) is 0. The second-order valence-electron chi connectivity index (χ2n) is 28.3. The molecule has 81 heavy (non-hydrogen) atoms. The SMILES string of the molecule is CCCC[Si](CCCC)(CCCC)[C-]([Si](CCCC)(CCCC)CCCC)[Si](CCCC)(CCCC)CCCC.CCCC[Si](CCCC)(CCCC)[C-]([Si](CCCC)(CCCC)CCCC)[Si](CCCC)(CCCC)CCCC.[Sm+3]. The molecule has 0 unspecified atom stereocenters. The first-order valence-corrected chi connectivity index (χ1v) is 54.3. The van der Waals surface area contributed by atoms with E-state index in [1.807, 2.05) is 0 Å². The smallest absolute Gasteiger partial charge is 0.309 e. The van der Waals surface area contributed by atoms with E-state index in [9.17, 15) is 0 Å². The Morgan fingerprint density at radius 3 is 0.247 bits per heavy atom. The van der Waals surface area contributed by atoms with Gasteiger partial charge < -0.3 is 9.58 Å². The molecule has 0 heterocycles.